The van der Waals surface area contributed by atoms with Crippen molar-refractivity contribution in [2.24, 2.45) is 17.1 Å². The van der Waals surface area contributed by atoms with E-state index >= 15 is 0 Å². The van der Waals surface area contributed by atoms with Gasteiger partial charge in [0.25, 0.3) is 0 Å². The number of anilines is 1. The van der Waals surface area contributed by atoms with E-state index in [1.165, 1.54) is 12.1 Å². The minimum atomic E-state index is -4.30. The van der Waals surface area contributed by atoms with Gasteiger partial charge < -0.3 is 10.6 Å². The summed E-state index contributed by atoms with van der Waals surface area (Å²) in [6, 6.07) is 5.30. The summed E-state index contributed by atoms with van der Waals surface area (Å²) in [7, 11) is 0. The molecule has 6 heteroatoms. The number of hydrogen-bond donors (Lipinski definition) is 1. The van der Waals surface area contributed by atoms with Crippen LogP contribution in [0.4, 0.5) is 18.9 Å². The van der Waals surface area contributed by atoms with Crippen molar-refractivity contribution in [1.29, 1.82) is 0 Å². The SMILES string of the molecule is NC(=O)CC1([C@H]2CCN(c3ccc(C(F)(F)F)cc3)C2)CC1. The minimum absolute atomic E-state index is 0.0481. The molecular weight excluding hydrogens is 293 g/mol. The normalized spacial score (nSPS) is 23.6. The van der Waals surface area contributed by atoms with Gasteiger partial charge in [-0.25, -0.2) is 0 Å². The molecule has 3 rings (SSSR count). The molecule has 1 saturated heterocycles. The zero-order valence-corrected chi connectivity index (χ0v) is 12.2. The predicted molar refractivity (Wildman–Crippen MR) is 77.2 cm³/mol. The molecule has 2 aliphatic rings. The highest BCUT2D eigenvalue weighted by molar-refractivity contribution is 5.75. The number of nitrogens with zero attached hydrogens (tertiary/aromatic N) is 1. The van der Waals surface area contributed by atoms with Crippen molar-refractivity contribution in [3.05, 3.63) is 29.8 Å². The molecule has 3 nitrogen and oxygen atoms in total. The lowest BCUT2D eigenvalue weighted by atomic mass is 9.85. The number of primary amides is 1. The first-order chi connectivity index (χ1) is 10.3. The van der Waals surface area contributed by atoms with Crippen molar-refractivity contribution in [2.45, 2.75) is 31.9 Å². The first-order valence-corrected chi connectivity index (χ1v) is 7.51. The molecule has 1 atom stereocenters. The Morgan fingerprint density at radius 2 is 1.91 bits per heavy atom. The van der Waals surface area contributed by atoms with E-state index in [4.69, 9.17) is 5.73 Å². The molecule has 0 bridgehead atoms. The summed E-state index contributed by atoms with van der Waals surface area (Å²) in [5.41, 5.74) is 5.56. The molecule has 1 heterocycles. The van der Waals surface area contributed by atoms with Crippen molar-refractivity contribution in [3.8, 4) is 0 Å². The van der Waals surface area contributed by atoms with Crippen LogP contribution in [-0.2, 0) is 11.0 Å². The summed E-state index contributed by atoms with van der Waals surface area (Å²) in [6.07, 6.45) is -0.846. The lowest BCUT2D eigenvalue weighted by Crippen LogP contribution is -2.27. The molecule has 1 aliphatic carbocycles. The number of carbonyl (C=O) groups excluding carboxylic acids is 1. The summed E-state index contributed by atoms with van der Waals surface area (Å²) in [5, 5.41) is 0. The number of carbonyl (C=O) groups is 1. The Morgan fingerprint density at radius 1 is 1.27 bits per heavy atom. The van der Waals surface area contributed by atoms with Crippen LogP contribution in [0.3, 0.4) is 0 Å². The van der Waals surface area contributed by atoms with Gasteiger partial charge >= 0.3 is 6.18 Å². The Morgan fingerprint density at radius 3 is 2.41 bits per heavy atom. The van der Waals surface area contributed by atoms with E-state index in [1.807, 2.05) is 0 Å². The number of rotatable bonds is 4. The van der Waals surface area contributed by atoms with Gasteiger partial charge in [-0.05, 0) is 54.9 Å². The van der Waals surface area contributed by atoms with E-state index < -0.39 is 11.7 Å². The van der Waals surface area contributed by atoms with Gasteiger partial charge in [-0.3, -0.25) is 4.79 Å². The average Bonchev–Trinajstić information content (AvgIpc) is 3.02. The van der Waals surface area contributed by atoms with Crippen LogP contribution < -0.4 is 10.6 Å². The Labute approximate surface area is 127 Å². The molecule has 1 aliphatic heterocycles. The second-order valence-corrected chi connectivity index (χ2v) is 6.48. The second-order valence-electron chi connectivity index (χ2n) is 6.48. The van der Waals surface area contributed by atoms with Crippen LogP contribution in [0.1, 0.15) is 31.2 Å². The largest absolute Gasteiger partial charge is 0.416 e. The lowest BCUT2D eigenvalue weighted by Gasteiger charge is -2.23. The summed E-state index contributed by atoms with van der Waals surface area (Å²) >= 11 is 0. The third-order valence-corrected chi connectivity index (χ3v) is 5.03. The van der Waals surface area contributed by atoms with Gasteiger partial charge in [-0.15, -0.1) is 0 Å². The van der Waals surface area contributed by atoms with Crippen molar-refractivity contribution in [3.63, 3.8) is 0 Å². The van der Waals surface area contributed by atoms with Crippen LogP contribution in [0.5, 0.6) is 0 Å². The van der Waals surface area contributed by atoms with Crippen LogP contribution in [0.15, 0.2) is 24.3 Å². The van der Waals surface area contributed by atoms with Gasteiger partial charge in [0.1, 0.15) is 0 Å². The molecule has 1 aromatic carbocycles. The maximum Gasteiger partial charge on any atom is 0.416 e. The summed E-state index contributed by atoms with van der Waals surface area (Å²) in [6.45, 7) is 1.61. The van der Waals surface area contributed by atoms with Crippen LogP contribution in [0.2, 0.25) is 0 Å². The van der Waals surface area contributed by atoms with Crippen molar-refractivity contribution < 1.29 is 18.0 Å². The molecule has 2 fully saturated rings. The molecule has 0 spiro atoms. The minimum Gasteiger partial charge on any atom is -0.371 e. The number of alkyl halides is 3. The van der Waals surface area contributed by atoms with Crippen LogP contribution >= 0.6 is 0 Å². The molecule has 0 unspecified atom stereocenters. The maximum absolute atomic E-state index is 12.6. The highest BCUT2D eigenvalue weighted by Crippen LogP contribution is 2.57. The van der Waals surface area contributed by atoms with Crippen LogP contribution in [0, 0.1) is 11.3 Å². The van der Waals surface area contributed by atoms with Gasteiger partial charge in [-0.1, -0.05) is 0 Å². The van der Waals surface area contributed by atoms with E-state index in [9.17, 15) is 18.0 Å². The fourth-order valence-electron chi connectivity index (χ4n) is 3.59. The molecule has 1 aromatic rings. The lowest BCUT2D eigenvalue weighted by molar-refractivity contribution is -0.137. The van der Waals surface area contributed by atoms with Gasteiger partial charge in [0, 0.05) is 25.2 Å². The van der Waals surface area contributed by atoms with E-state index in [-0.39, 0.29) is 11.3 Å². The third kappa shape index (κ3) is 2.91. The monoisotopic (exact) mass is 312 g/mol. The summed E-state index contributed by atoms with van der Waals surface area (Å²) in [5.74, 6) is 0.146. The Balaban J connectivity index is 1.67. The molecule has 120 valence electrons. The highest BCUT2D eigenvalue weighted by Gasteiger charge is 2.51. The maximum atomic E-state index is 12.6. The highest BCUT2D eigenvalue weighted by atomic mass is 19.4. The quantitative estimate of drug-likeness (QED) is 0.928. The van der Waals surface area contributed by atoms with Gasteiger partial charge in [0.15, 0.2) is 0 Å². The molecule has 1 amide bonds. The first kappa shape index (κ1) is 15.2. The first-order valence-electron chi connectivity index (χ1n) is 7.51. The zero-order valence-electron chi connectivity index (χ0n) is 12.2. The van der Waals surface area contributed by atoms with Gasteiger partial charge in [0.2, 0.25) is 5.91 Å². The van der Waals surface area contributed by atoms with Gasteiger partial charge in [0.05, 0.1) is 5.56 Å². The smallest absolute Gasteiger partial charge is 0.371 e. The van der Waals surface area contributed by atoms with Crippen molar-refractivity contribution in [1.82, 2.24) is 0 Å². The molecule has 0 aromatic heterocycles. The Hall–Kier alpha value is -1.72. The average molecular weight is 312 g/mol. The van der Waals surface area contributed by atoms with Crippen LogP contribution in [0.25, 0.3) is 0 Å². The Bertz CT molecular complexity index is 564. The van der Waals surface area contributed by atoms with Gasteiger partial charge in [-0.2, -0.15) is 13.2 Å². The van der Waals surface area contributed by atoms with Crippen molar-refractivity contribution in [2.75, 3.05) is 18.0 Å². The standard InChI is InChI=1S/C16H19F3N2O/c17-16(18,19)11-1-3-13(4-2-11)21-8-5-12(10-21)15(6-7-15)9-14(20)22/h1-4,12H,5-10H2,(H2,20,22)/t12-/m0/s1. The van der Waals surface area contributed by atoms with E-state index in [2.05, 4.69) is 4.90 Å². The fraction of sp³-hybridized carbons (Fsp3) is 0.562. The number of halogens is 3. The molecule has 22 heavy (non-hydrogen) atoms. The number of benzene rings is 1. The zero-order chi connectivity index (χ0) is 16.0. The second kappa shape index (κ2) is 5.18. The third-order valence-electron chi connectivity index (χ3n) is 5.03. The summed E-state index contributed by atoms with van der Waals surface area (Å²) < 4.78 is 37.8. The molecule has 0 radical (unpaired) electrons. The molecular formula is C16H19F3N2O. The Kier molecular flexibility index (Phi) is 3.57. The number of hydrogen-bond acceptors (Lipinski definition) is 2. The summed E-state index contributed by atoms with van der Waals surface area (Å²) in [4.78, 5) is 13.3. The van der Waals surface area contributed by atoms with E-state index in [0.717, 1.165) is 50.2 Å². The van der Waals surface area contributed by atoms with E-state index in [1.54, 1.807) is 0 Å². The molecule has 1 saturated carbocycles. The fourth-order valence-corrected chi connectivity index (χ4v) is 3.59. The van der Waals surface area contributed by atoms with E-state index in [0.29, 0.717) is 12.3 Å². The van der Waals surface area contributed by atoms with Crippen molar-refractivity contribution >= 4 is 11.6 Å². The topological polar surface area (TPSA) is 46.3 Å². The molecule has 2 N–H and O–H groups in total. The number of amides is 1. The number of nitrogens with two attached hydrogens (primary N) is 1. The van der Waals surface area contributed by atoms with Crippen LogP contribution in [-0.4, -0.2) is 19.0 Å². The predicted octanol–water partition coefficient (Wildman–Crippen LogP) is 3.19.